The van der Waals surface area contributed by atoms with Gasteiger partial charge in [0, 0.05) is 37.1 Å². The van der Waals surface area contributed by atoms with Crippen molar-refractivity contribution in [3.63, 3.8) is 0 Å². The van der Waals surface area contributed by atoms with Gasteiger partial charge in [0.05, 0.1) is 19.6 Å². The number of hydrogen-bond donors (Lipinski definition) is 0. The molecule has 0 spiro atoms. The van der Waals surface area contributed by atoms with Crippen LogP contribution in [0.15, 0.2) is 16.6 Å². The highest BCUT2D eigenvalue weighted by Gasteiger charge is 2.25. The number of nitrogens with zero attached hydrogens (tertiary/aromatic N) is 2. The van der Waals surface area contributed by atoms with Crippen molar-refractivity contribution in [2.75, 3.05) is 39.4 Å². The van der Waals surface area contributed by atoms with E-state index in [4.69, 9.17) is 9.47 Å². The molecule has 1 saturated heterocycles. The molecule has 0 atom stereocenters. The van der Waals surface area contributed by atoms with Gasteiger partial charge >= 0.3 is 0 Å². The average molecular weight is 469 g/mol. The van der Waals surface area contributed by atoms with Crippen LogP contribution in [0.5, 0.6) is 11.5 Å². The van der Waals surface area contributed by atoms with Crippen molar-refractivity contribution in [1.29, 1.82) is 0 Å². The third kappa shape index (κ3) is 6.91. The largest absolute Gasteiger partial charge is 0.490 e. The Balaban J connectivity index is 1.95. The summed E-state index contributed by atoms with van der Waals surface area (Å²) in [4.78, 5) is 28.8. The van der Waals surface area contributed by atoms with Gasteiger partial charge in [-0.2, -0.15) is 0 Å². The monoisotopic (exact) mass is 468 g/mol. The number of amides is 2. The Morgan fingerprint density at radius 1 is 0.966 bits per heavy atom. The van der Waals surface area contributed by atoms with Crippen LogP contribution in [-0.2, 0) is 16.0 Å². The lowest BCUT2D eigenvalue weighted by Gasteiger charge is -2.35. The molecular weight excluding hydrogens is 436 g/mol. The number of carbonyl (C=O) groups excluding carboxylic acids is 2. The van der Waals surface area contributed by atoms with Gasteiger partial charge in [-0.05, 0) is 43.9 Å². The van der Waals surface area contributed by atoms with E-state index in [-0.39, 0.29) is 18.2 Å². The highest BCUT2D eigenvalue weighted by molar-refractivity contribution is 9.10. The fourth-order valence-electron chi connectivity index (χ4n) is 3.30. The lowest BCUT2D eigenvalue weighted by molar-refractivity contribution is -0.139. The number of rotatable bonds is 9. The topological polar surface area (TPSA) is 59.1 Å². The summed E-state index contributed by atoms with van der Waals surface area (Å²) < 4.78 is 12.1. The Morgan fingerprint density at radius 3 is 2.00 bits per heavy atom. The normalized spacial score (nSPS) is 14.3. The SMILES string of the molecule is CCOc1cc(Br)c(CC(=O)N2CCN(C(=O)CCC(C)C)CC2)cc1OCC. The third-order valence-corrected chi connectivity index (χ3v) is 5.71. The van der Waals surface area contributed by atoms with E-state index in [1.807, 2.05) is 35.8 Å². The maximum absolute atomic E-state index is 12.8. The van der Waals surface area contributed by atoms with Gasteiger partial charge < -0.3 is 19.3 Å². The smallest absolute Gasteiger partial charge is 0.227 e. The Labute approximate surface area is 182 Å². The van der Waals surface area contributed by atoms with Crippen LogP contribution in [0.3, 0.4) is 0 Å². The van der Waals surface area contributed by atoms with Gasteiger partial charge in [-0.1, -0.05) is 29.8 Å². The molecule has 1 fully saturated rings. The van der Waals surface area contributed by atoms with E-state index in [2.05, 4.69) is 29.8 Å². The molecule has 0 aliphatic carbocycles. The van der Waals surface area contributed by atoms with E-state index in [0.29, 0.717) is 63.2 Å². The molecule has 1 aliphatic heterocycles. The second-order valence-corrected chi connectivity index (χ2v) is 8.48. The maximum Gasteiger partial charge on any atom is 0.227 e. The first-order chi connectivity index (χ1) is 13.8. The summed E-state index contributed by atoms with van der Waals surface area (Å²) >= 11 is 3.55. The molecule has 29 heavy (non-hydrogen) atoms. The molecule has 0 bridgehead atoms. The minimum atomic E-state index is 0.0617. The van der Waals surface area contributed by atoms with Crippen LogP contribution in [0.2, 0.25) is 0 Å². The molecule has 2 amide bonds. The lowest BCUT2D eigenvalue weighted by atomic mass is 10.1. The van der Waals surface area contributed by atoms with Crippen LogP contribution in [0.1, 0.15) is 46.1 Å². The predicted octanol–water partition coefficient (Wildman–Crippen LogP) is 3.90. The van der Waals surface area contributed by atoms with E-state index in [1.54, 1.807) is 0 Å². The van der Waals surface area contributed by atoms with E-state index in [1.165, 1.54) is 0 Å². The van der Waals surface area contributed by atoms with Crippen LogP contribution < -0.4 is 9.47 Å². The Kier molecular flexibility index (Phi) is 9.27. The zero-order valence-electron chi connectivity index (χ0n) is 18.0. The Morgan fingerprint density at radius 2 is 1.48 bits per heavy atom. The molecule has 162 valence electrons. The second kappa shape index (κ2) is 11.4. The number of hydrogen-bond acceptors (Lipinski definition) is 4. The van der Waals surface area contributed by atoms with E-state index in [9.17, 15) is 9.59 Å². The first-order valence-corrected chi connectivity index (χ1v) is 11.3. The van der Waals surface area contributed by atoms with Gasteiger partial charge in [0.15, 0.2) is 11.5 Å². The fourth-order valence-corrected chi connectivity index (χ4v) is 3.76. The van der Waals surface area contributed by atoms with Gasteiger partial charge in [-0.15, -0.1) is 0 Å². The zero-order chi connectivity index (χ0) is 21.4. The summed E-state index contributed by atoms with van der Waals surface area (Å²) in [6.45, 7) is 11.6. The van der Waals surface area contributed by atoms with Gasteiger partial charge in [-0.3, -0.25) is 9.59 Å². The number of ether oxygens (including phenoxy) is 2. The molecule has 1 aromatic carbocycles. The molecule has 6 nitrogen and oxygen atoms in total. The van der Waals surface area contributed by atoms with E-state index >= 15 is 0 Å². The molecule has 0 saturated carbocycles. The molecule has 1 aromatic rings. The van der Waals surface area contributed by atoms with Crippen LogP contribution in [0.25, 0.3) is 0 Å². The fraction of sp³-hybridized carbons (Fsp3) is 0.636. The molecule has 2 rings (SSSR count). The first-order valence-electron chi connectivity index (χ1n) is 10.5. The predicted molar refractivity (Wildman–Crippen MR) is 117 cm³/mol. The molecule has 1 aliphatic rings. The molecular formula is C22H33BrN2O4. The van der Waals surface area contributed by atoms with Crippen molar-refractivity contribution >= 4 is 27.7 Å². The Bertz CT molecular complexity index is 700. The summed E-state index contributed by atoms with van der Waals surface area (Å²) in [5.74, 6) is 2.11. The summed E-state index contributed by atoms with van der Waals surface area (Å²) in [6.07, 6.45) is 1.78. The van der Waals surface area contributed by atoms with Gasteiger partial charge in [0.25, 0.3) is 0 Å². The molecule has 0 unspecified atom stereocenters. The second-order valence-electron chi connectivity index (χ2n) is 7.63. The summed E-state index contributed by atoms with van der Waals surface area (Å²) in [5, 5.41) is 0. The molecule has 0 N–H and O–H groups in total. The number of carbonyl (C=O) groups is 2. The zero-order valence-corrected chi connectivity index (χ0v) is 19.6. The van der Waals surface area contributed by atoms with Crippen LogP contribution >= 0.6 is 15.9 Å². The number of benzene rings is 1. The van der Waals surface area contributed by atoms with Crippen molar-refractivity contribution in [3.05, 3.63) is 22.2 Å². The number of halogens is 1. The van der Waals surface area contributed by atoms with Gasteiger partial charge in [0.1, 0.15) is 0 Å². The van der Waals surface area contributed by atoms with Crippen LogP contribution in [0.4, 0.5) is 0 Å². The van der Waals surface area contributed by atoms with Gasteiger partial charge in [-0.25, -0.2) is 0 Å². The van der Waals surface area contributed by atoms with Crippen molar-refractivity contribution in [2.45, 2.75) is 47.0 Å². The third-order valence-electron chi connectivity index (χ3n) is 4.97. The molecule has 0 aromatic heterocycles. The maximum atomic E-state index is 12.8. The van der Waals surface area contributed by atoms with Crippen molar-refractivity contribution < 1.29 is 19.1 Å². The molecule has 0 radical (unpaired) electrons. The summed E-state index contributed by atoms with van der Waals surface area (Å²) in [5.41, 5.74) is 0.873. The standard InChI is InChI=1S/C22H33BrN2O4/c1-5-28-19-13-17(18(23)15-20(19)29-6-2)14-22(27)25-11-9-24(10-12-25)21(26)8-7-16(3)4/h13,15-16H,5-12,14H2,1-4H3. The lowest BCUT2D eigenvalue weighted by Crippen LogP contribution is -2.51. The van der Waals surface area contributed by atoms with Crippen molar-refractivity contribution in [2.24, 2.45) is 5.92 Å². The summed E-state index contributed by atoms with van der Waals surface area (Å²) in [6, 6.07) is 3.74. The van der Waals surface area contributed by atoms with E-state index in [0.717, 1.165) is 16.5 Å². The first kappa shape index (κ1) is 23.5. The van der Waals surface area contributed by atoms with Crippen molar-refractivity contribution in [3.8, 4) is 11.5 Å². The van der Waals surface area contributed by atoms with Crippen LogP contribution in [0, 0.1) is 5.92 Å². The summed E-state index contributed by atoms with van der Waals surface area (Å²) in [7, 11) is 0. The minimum absolute atomic E-state index is 0.0617. The average Bonchev–Trinajstić information content (AvgIpc) is 2.69. The highest BCUT2D eigenvalue weighted by Crippen LogP contribution is 2.34. The molecule has 1 heterocycles. The molecule has 7 heteroatoms. The van der Waals surface area contributed by atoms with Crippen molar-refractivity contribution in [1.82, 2.24) is 9.80 Å². The van der Waals surface area contributed by atoms with Crippen LogP contribution in [-0.4, -0.2) is 61.0 Å². The Hall–Kier alpha value is -1.76. The van der Waals surface area contributed by atoms with E-state index < -0.39 is 0 Å². The number of piperazine rings is 1. The highest BCUT2D eigenvalue weighted by atomic mass is 79.9. The quantitative estimate of drug-likeness (QED) is 0.551. The minimum Gasteiger partial charge on any atom is -0.490 e. The van der Waals surface area contributed by atoms with Gasteiger partial charge in [0.2, 0.25) is 11.8 Å².